The Labute approximate surface area is 158 Å². The normalized spacial score (nSPS) is 15.0. The molecule has 132 valence electrons. The first-order valence-electron chi connectivity index (χ1n) is 7.90. The van der Waals surface area contributed by atoms with Crippen molar-refractivity contribution in [1.82, 2.24) is 0 Å². The molecule has 2 aromatic rings. The molecular formula is C17H18N2O3S3. The molecule has 1 aromatic heterocycles. The number of amides is 1. The summed E-state index contributed by atoms with van der Waals surface area (Å²) in [7, 11) is 3.03. The summed E-state index contributed by atoms with van der Waals surface area (Å²) in [5.41, 5.74) is 1.71. The highest BCUT2D eigenvalue weighted by Gasteiger charge is 2.43. The quantitative estimate of drug-likeness (QED) is 0.288. The minimum absolute atomic E-state index is 0.00580. The Balaban J connectivity index is 2.29. The molecule has 5 nitrogen and oxygen atoms in total. The van der Waals surface area contributed by atoms with Crippen molar-refractivity contribution < 1.29 is 9.72 Å². The molecule has 1 aliphatic heterocycles. The van der Waals surface area contributed by atoms with Gasteiger partial charge in [-0.15, -0.1) is 0 Å². The van der Waals surface area contributed by atoms with Crippen LogP contribution in [0.5, 0.6) is 0 Å². The zero-order chi connectivity index (χ0) is 18.5. The molecule has 1 amide bonds. The van der Waals surface area contributed by atoms with Gasteiger partial charge in [-0.3, -0.25) is 14.9 Å². The Kier molecular flexibility index (Phi) is 4.55. The Bertz CT molecular complexity index is 927. The first kappa shape index (κ1) is 18.2. The fraction of sp³-hybridized carbons (Fsp3) is 0.412. The highest BCUT2D eigenvalue weighted by Crippen LogP contribution is 2.53. The topological polar surface area (TPSA) is 63.5 Å². The van der Waals surface area contributed by atoms with Gasteiger partial charge in [-0.1, -0.05) is 46.7 Å². The van der Waals surface area contributed by atoms with Crippen LogP contribution >= 0.6 is 32.9 Å². The molecule has 25 heavy (non-hydrogen) atoms. The maximum atomic E-state index is 13.0. The second kappa shape index (κ2) is 6.26. The maximum Gasteiger partial charge on any atom is 0.270 e. The summed E-state index contributed by atoms with van der Waals surface area (Å²) in [6.07, 6.45) is 0.421. The van der Waals surface area contributed by atoms with Gasteiger partial charge in [-0.25, -0.2) is 0 Å². The number of hydrogen-bond donors (Lipinski definition) is 0. The third-order valence-electron chi connectivity index (χ3n) is 4.28. The number of hydrogen-bond acceptors (Lipinski definition) is 6. The highest BCUT2D eigenvalue weighted by molar-refractivity contribution is 7.80. The molecular weight excluding hydrogens is 376 g/mol. The number of nitro groups is 1. The first-order chi connectivity index (χ1) is 11.6. The minimum Gasteiger partial charge on any atom is -0.301 e. The third kappa shape index (κ3) is 2.92. The number of fused-ring (bicyclic) bond motifs is 3. The van der Waals surface area contributed by atoms with Crippen LogP contribution in [-0.4, -0.2) is 10.8 Å². The van der Waals surface area contributed by atoms with E-state index in [-0.39, 0.29) is 17.5 Å². The number of non-ortho nitro benzene ring substituents is 1. The van der Waals surface area contributed by atoms with Crippen molar-refractivity contribution in [3.8, 4) is 11.1 Å². The van der Waals surface area contributed by atoms with Gasteiger partial charge in [0, 0.05) is 29.7 Å². The van der Waals surface area contributed by atoms with Crippen molar-refractivity contribution in [2.24, 2.45) is 5.92 Å². The Morgan fingerprint density at radius 3 is 2.64 bits per heavy atom. The molecule has 0 bridgehead atoms. The molecule has 0 atom stereocenters. The van der Waals surface area contributed by atoms with E-state index >= 15 is 0 Å². The summed E-state index contributed by atoms with van der Waals surface area (Å²) in [5.74, 6) is 0.247. The number of benzene rings is 1. The van der Waals surface area contributed by atoms with Crippen molar-refractivity contribution in [3.63, 3.8) is 0 Å². The van der Waals surface area contributed by atoms with Crippen LogP contribution in [0.2, 0.25) is 0 Å². The highest BCUT2D eigenvalue weighted by atomic mass is 32.9. The van der Waals surface area contributed by atoms with Crippen molar-refractivity contribution in [2.45, 2.75) is 39.7 Å². The van der Waals surface area contributed by atoms with E-state index in [4.69, 9.17) is 12.2 Å². The van der Waals surface area contributed by atoms with Crippen molar-refractivity contribution >= 4 is 50.2 Å². The van der Waals surface area contributed by atoms with Gasteiger partial charge in [0.2, 0.25) is 5.91 Å². The Hall–Kier alpha value is -1.64. The monoisotopic (exact) mass is 394 g/mol. The van der Waals surface area contributed by atoms with Crippen molar-refractivity contribution in [2.75, 3.05) is 4.90 Å². The third-order valence-corrected chi connectivity index (χ3v) is 7.61. The van der Waals surface area contributed by atoms with Gasteiger partial charge in [0.1, 0.15) is 3.82 Å². The molecule has 8 heteroatoms. The predicted octanol–water partition coefficient (Wildman–Crippen LogP) is 5.74. The summed E-state index contributed by atoms with van der Waals surface area (Å²) in [6.45, 7) is 8.02. The lowest BCUT2D eigenvalue weighted by atomic mass is 9.86. The molecule has 0 unspecified atom stereocenters. The maximum absolute atomic E-state index is 13.0. The van der Waals surface area contributed by atoms with Gasteiger partial charge < -0.3 is 4.90 Å². The molecule has 0 N–H and O–H groups in total. The van der Waals surface area contributed by atoms with Crippen LogP contribution in [0.25, 0.3) is 11.1 Å². The van der Waals surface area contributed by atoms with E-state index in [1.807, 2.05) is 27.7 Å². The lowest BCUT2D eigenvalue weighted by molar-refractivity contribution is -0.384. The molecule has 0 saturated heterocycles. The van der Waals surface area contributed by atoms with Crippen LogP contribution in [0.3, 0.4) is 0 Å². The molecule has 3 rings (SSSR count). The number of rotatable bonds is 3. The van der Waals surface area contributed by atoms with E-state index in [1.165, 1.54) is 22.5 Å². The number of carbonyl (C=O) groups excluding carboxylic acids is 1. The van der Waals surface area contributed by atoms with Crippen LogP contribution in [0.15, 0.2) is 18.2 Å². The molecule has 1 aromatic carbocycles. The average molecular weight is 395 g/mol. The minimum atomic E-state index is -0.539. The average Bonchev–Trinajstić information content (AvgIpc) is 2.89. The van der Waals surface area contributed by atoms with Crippen molar-refractivity contribution in [1.29, 1.82) is 0 Å². The number of nitro benzene ring substituents is 1. The van der Waals surface area contributed by atoms with E-state index in [0.717, 1.165) is 10.4 Å². The largest absolute Gasteiger partial charge is 0.301 e. The van der Waals surface area contributed by atoms with Gasteiger partial charge in [0.15, 0.2) is 0 Å². The van der Waals surface area contributed by atoms with Gasteiger partial charge >= 0.3 is 0 Å². The van der Waals surface area contributed by atoms with E-state index < -0.39 is 10.5 Å². The fourth-order valence-electron chi connectivity index (χ4n) is 3.22. The van der Waals surface area contributed by atoms with Crippen molar-refractivity contribution in [3.05, 3.63) is 37.0 Å². The number of nitrogens with zero attached hydrogens (tertiary/aromatic N) is 2. The first-order valence-corrected chi connectivity index (χ1v) is 10.5. The van der Waals surface area contributed by atoms with Crippen LogP contribution in [0, 0.1) is 19.9 Å². The lowest BCUT2D eigenvalue weighted by Gasteiger charge is -2.43. The standard InChI is InChI=1S/C17H18N2O3S3/c1-9(2)7-13(20)18-12-6-5-10(19(21)22)8-11(12)14-15(17(18,3)4)24-25-16(14)23/h5-6,8-9H,7H2,1-4H3. The van der Waals surface area contributed by atoms with Crippen LogP contribution in [-0.2, 0) is 10.3 Å². The molecule has 1 aliphatic rings. The fourth-order valence-corrected chi connectivity index (χ4v) is 6.50. The summed E-state index contributed by atoms with van der Waals surface area (Å²) >= 11 is 5.49. The van der Waals surface area contributed by atoms with E-state index in [2.05, 4.69) is 0 Å². The molecule has 0 spiro atoms. The van der Waals surface area contributed by atoms with Crippen LogP contribution in [0.1, 0.15) is 39.0 Å². The summed E-state index contributed by atoms with van der Waals surface area (Å²) < 4.78 is 0.714. The zero-order valence-corrected chi connectivity index (χ0v) is 16.8. The van der Waals surface area contributed by atoms with Crippen LogP contribution < -0.4 is 4.90 Å². The molecule has 0 fully saturated rings. The second-order valence-electron chi connectivity index (χ2n) is 7.00. The lowest BCUT2D eigenvalue weighted by Crippen LogP contribution is -2.48. The summed E-state index contributed by atoms with van der Waals surface area (Å²) in [4.78, 5) is 26.6. The number of anilines is 1. The van der Waals surface area contributed by atoms with Gasteiger partial charge in [0.25, 0.3) is 5.69 Å². The smallest absolute Gasteiger partial charge is 0.270 e. The Morgan fingerprint density at radius 1 is 1.36 bits per heavy atom. The van der Waals surface area contributed by atoms with Gasteiger partial charge in [-0.05, 0) is 25.8 Å². The summed E-state index contributed by atoms with van der Waals surface area (Å²) in [6, 6.07) is 4.66. The number of carbonyl (C=O) groups is 1. The van der Waals surface area contributed by atoms with Gasteiger partial charge in [-0.2, -0.15) is 0 Å². The zero-order valence-electron chi connectivity index (χ0n) is 14.4. The Morgan fingerprint density at radius 2 is 2.04 bits per heavy atom. The molecule has 0 saturated carbocycles. The van der Waals surface area contributed by atoms with E-state index in [9.17, 15) is 14.9 Å². The molecule has 2 heterocycles. The summed E-state index contributed by atoms with van der Waals surface area (Å²) in [5, 5.41) is 11.2. The molecule has 0 radical (unpaired) electrons. The second-order valence-corrected chi connectivity index (χ2v) is 9.82. The SMILES string of the molecule is CC(C)CC(=O)N1c2ccc([N+](=O)[O-])cc2-c2c(ssc2=S)C1(C)C. The van der Waals surface area contributed by atoms with Crippen LogP contribution in [0.4, 0.5) is 11.4 Å². The van der Waals surface area contributed by atoms with Gasteiger partial charge in [0.05, 0.1) is 21.0 Å². The molecule has 0 aliphatic carbocycles. The van der Waals surface area contributed by atoms with E-state index in [1.54, 1.807) is 21.3 Å². The van der Waals surface area contributed by atoms with E-state index in [0.29, 0.717) is 21.5 Å². The predicted molar refractivity (Wildman–Crippen MR) is 105 cm³/mol.